The lowest BCUT2D eigenvalue weighted by Crippen LogP contribution is -2.27. The van der Waals surface area contributed by atoms with Crippen molar-refractivity contribution in [1.82, 2.24) is 4.41 Å². The van der Waals surface area contributed by atoms with E-state index in [-0.39, 0.29) is 17.1 Å². The number of nitrogens with zero attached hydrogens (tertiary/aromatic N) is 2. The lowest BCUT2D eigenvalue weighted by atomic mass is 9.99. The van der Waals surface area contributed by atoms with Crippen LogP contribution in [-0.4, -0.2) is 32.7 Å². The fraction of sp³-hybridized carbons (Fsp3) is 0.208. The lowest BCUT2D eigenvalue weighted by molar-refractivity contribution is 0.371. The number of benzene rings is 3. The number of anilines is 1. The van der Waals surface area contributed by atoms with E-state index in [4.69, 9.17) is 0 Å². The molecule has 7 nitrogen and oxygen atoms in total. The van der Waals surface area contributed by atoms with E-state index in [1.54, 1.807) is 48.5 Å². The Morgan fingerprint density at radius 3 is 2.32 bits per heavy atom. The second-order valence-corrected chi connectivity index (χ2v) is 11.8. The van der Waals surface area contributed by atoms with Crippen molar-refractivity contribution in [3.63, 3.8) is 0 Å². The molecule has 0 fully saturated rings. The van der Waals surface area contributed by atoms with Gasteiger partial charge in [0.15, 0.2) is 0 Å². The van der Waals surface area contributed by atoms with Crippen LogP contribution in [0, 0.1) is 12.7 Å². The van der Waals surface area contributed by atoms with Crippen LogP contribution in [0.1, 0.15) is 36.1 Å². The molecule has 0 bridgehead atoms. The summed E-state index contributed by atoms with van der Waals surface area (Å²) in [5.41, 5.74) is 2.94. The first-order valence-corrected chi connectivity index (χ1v) is 13.7. The number of nitrogens with one attached hydrogen (secondary N) is 1. The van der Waals surface area contributed by atoms with Gasteiger partial charge in [0, 0.05) is 12.1 Å². The molecule has 0 unspecified atom stereocenters. The molecule has 3 aromatic carbocycles. The highest BCUT2D eigenvalue weighted by Gasteiger charge is 2.37. The van der Waals surface area contributed by atoms with E-state index in [1.807, 2.05) is 6.92 Å². The highest BCUT2D eigenvalue weighted by molar-refractivity contribution is 7.92. The van der Waals surface area contributed by atoms with Crippen molar-refractivity contribution < 1.29 is 21.2 Å². The van der Waals surface area contributed by atoms with Gasteiger partial charge in [0.05, 0.1) is 22.4 Å². The van der Waals surface area contributed by atoms with Crippen LogP contribution in [-0.2, 0) is 20.0 Å². The quantitative estimate of drug-likeness (QED) is 0.518. The van der Waals surface area contributed by atoms with Crippen molar-refractivity contribution in [2.45, 2.75) is 31.2 Å². The minimum absolute atomic E-state index is 0.0760. The zero-order chi connectivity index (χ0) is 24.5. The van der Waals surface area contributed by atoms with Crippen molar-refractivity contribution in [2.75, 3.05) is 10.5 Å². The van der Waals surface area contributed by atoms with Crippen LogP contribution in [0.15, 0.2) is 82.8 Å². The molecule has 178 valence electrons. The molecule has 0 aromatic heterocycles. The standard InChI is InChI=1S/C24H24FN3O4S2/c1-3-33(29,30)27-21-6-4-5-19(15-21)23-16-24(18-9-11-20(25)12-10-18)28(26-23)34(31,32)22-13-7-17(2)8-14-22/h4-15,24,27H,3,16H2,1-2H3/t24-/m1/s1. The van der Waals surface area contributed by atoms with E-state index in [9.17, 15) is 21.2 Å². The van der Waals surface area contributed by atoms with Gasteiger partial charge in [-0.1, -0.05) is 42.0 Å². The van der Waals surface area contributed by atoms with Crippen LogP contribution < -0.4 is 4.72 Å². The molecule has 3 aromatic rings. The Morgan fingerprint density at radius 2 is 1.68 bits per heavy atom. The first-order chi connectivity index (χ1) is 16.1. The number of sulfonamides is 2. The molecular weight excluding hydrogens is 477 g/mol. The van der Waals surface area contributed by atoms with Crippen molar-refractivity contribution in [3.05, 3.63) is 95.3 Å². The molecule has 1 heterocycles. The molecule has 1 N–H and O–H groups in total. The third kappa shape index (κ3) is 4.97. The average Bonchev–Trinajstić information content (AvgIpc) is 3.26. The van der Waals surface area contributed by atoms with Gasteiger partial charge in [0.25, 0.3) is 10.0 Å². The summed E-state index contributed by atoms with van der Waals surface area (Å²) >= 11 is 0. The topological polar surface area (TPSA) is 95.9 Å². The van der Waals surface area contributed by atoms with Gasteiger partial charge in [-0.15, -0.1) is 0 Å². The molecule has 34 heavy (non-hydrogen) atoms. The summed E-state index contributed by atoms with van der Waals surface area (Å²) in [6.07, 6.45) is 0.237. The van der Waals surface area contributed by atoms with Gasteiger partial charge in [-0.05, 0) is 61.4 Å². The summed E-state index contributed by atoms with van der Waals surface area (Å²) in [5, 5.41) is 4.46. The molecule has 10 heteroatoms. The smallest absolute Gasteiger partial charge is 0.279 e. The lowest BCUT2D eigenvalue weighted by Gasteiger charge is -2.23. The summed E-state index contributed by atoms with van der Waals surface area (Å²) in [6.45, 7) is 3.40. The van der Waals surface area contributed by atoms with Crippen molar-refractivity contribution in [1.29, 1.82) is 0 Å². The van der Waals surface area contributed by atoms with Crippen LogP contribution in [0.3, 0.4) is 0 Å². The third-order valence-corrected chi connectivity index (χ3v) is 8.54. The Balaban J connectivity index is 1.76. The van der Waals surface area contributed by atoms with Crippen LogP contribution >= 0.6 is 0 Å². The normalized spacial score (nSPS) is 16.4. The molecule has 1 aliphatic rings. The number of hydrogen-bond donors (Lipinski definition) is 1. The van der Waals surface area contributed by atoms with Crippen molar-refractivity contribution >= 4 is 31.4 Å². The van der Waals surface area contributed by atoms with Gasteiger partial charge in [-0.3, -0.25) is 4.72 Å². The Labute approximate surface area is 199 Å². The number of halogens is 1. The molecule has 0 saturated carbocycles. The van der Waals surface area contributed by atoms with Gasteiger partial charge in [-0.2, -0.15) is 17.9 Å². The molecular formula is C24H24FN3O4S2. The first kappa shape index (κ1) is 23.9. The largest absolute Gasteiger partial charge is 0.284 e. The number of aryl methyl sites for hydroxylation is 1. The summed E-state index contributed by atoms with van der Waals surface area (Å²) < 4.78 is 68.1. The van der Waals surface area contributed by atoms with Crippen LogP contribution in [0.2, 0.25) is 0 Å². The van der Waals surface area contributed by atoms with Crippen molar-refractivity contribution in [2.24, 2.45) is 5.10 Å². The predicted molar refractivity (Wildman–Crippen MR) is 130 cm³/mol. The molecule has 0 aliphatic carbocycles. The van der Waals surface area contributed by atoms with E-state index < -0.39 is 31.9 Å². The fourth-order valence-corrected chi connectivity index (χ4v) is 5.71. The minimum Gasteiger partial charge on any atom is -0.284 e. The maximum Gasteiger partial charge on any atom is 0.279 e. The fourth-order valence-electron chi connectivity index (χ4n) is 3.65. The van der Waals surface area contributed by atoms with Crippen LogP contribution in [0.25, 0.3) is 0 Å². The number of hydrazone groups is 1. The molecule has 0 amide bonds. The zero-order valence-electron chi connectivity index (χ0n) is 18.6. The summed E-state index contributed by atoms with van der Waals surface area (Å²) in [7, 11) is -7.48. The monoisotopic (exact) mass is 501 g/mol. The molecule has 1 atom stereocenters. The van der Waals surface area contributed by atoms with Gasteiger partial charge >= 0.3 is 0 Å². The number of rotatable bonds is 7. The van der Waals surface area contributed by atoms with Gasteiger partial charge < -0.3 is 0 Å². The molecule has 0 radical (unpaired) electrons. The van der Waals surface area contributed by atoms with E-state index >= 15 is 0 Å². The molecule has 4 rings (SSSR count). The van der Waals surface area contributed by atoms with Crippen LogP contribution in [0.4, 0.5) is 10.1 Å². The Kier molecular flexibility index (Phi) is 6.46. The Morgan fingerprint density at radius 1 is 1.00 bits per heavy atom. The second kappa shape index (κ2) is 9.19. The first-order valence-electron chi connectivity index (χ1n) is 10.6. The van der Waals surface area contributed by atoms with Gasteiger partial charge in [0.1, 0.15) is 5.82 Å². The third-order valence-electron chi connectivity index (χ3n) is 5.54. The Hall–Kier alpha value is -3.24. The maximum absolute atomic E-state index is 13.5. The van der Waals surface area contributed by atoms with Crippen LogP contribution in [0.5, 0.6) is 0 Å². The van der Waals surface area contributed by atoms with E-state index in [2.05, 4.69) is 9.82 Å². The average molecular weight is 502 g/mol. The minimum atomic E-state index is -4.01. The second-order valence-electron chi connectivity index (χ2n) is 8.00. The SMILES string of the molecule is CCS(=O)(=O)Nc1cccc(C2=NN(S(=O)(=O)c3ccc(C)cc3)[C@@H](c3ccc(F)cc3)C2)c1. The van der Waals surface area contributed by atoms with Crippen molar-refractivity contribution in [3.8, 4) is 0 Å². The highest BCUT2D eigenvalue weighted by Crippen LogP contribution is 2.37. The molecule has 0 saturated heterocycles. The Bertz CT molecular complexity index is 1440. The number of hydrogen-bond acceptors (Lipinski definition) is 5. The predicted octanol–water partition coefficient (Wildman–Crippen LogP) is 4.44. The molecule has 1 aliphatic heterocycles. The van der Waals surface area contributed by atoms with E-state index in [0.29, 0.717) is 22.5 Å². The summed E-state index contributed by atoms with van der Waals surface area (Å²) in [5.74, 6) is -0.500. The maximum atomic E-state index is 13.5. The molecule has 0 spiro atoms. The summed E-state index contributed by atoms with van der Waals surface area (Å²) in [4.78, 5) is 0.0969. The zero-order valence-corrected chi connectivity index (χ0v) is 20.3. The van der Waals surface area contributed by atoms with Gasteiger partial charge in [-0.25, -0.2) is 12.8 Å². The van der Waals surface area contributed by atoms with E-state index in [0.717, 1.165) is 9.98 Å². The highest BCUT2D eigenvalue weighted by atomic mass is 32.2. The van der Waals surface area contributed by atoms with Gasteiger partial charge in [0.2, 0.25) is 10.0 Å². The summed E-state index contributed by atoms with van der Waals surface area (Å²) in [6, 6.07) is 18.1. The van der Waals surface area contributed by atoms with E-state index in [1.165, 1.54) is 31.2 Å².